The van der Waals surface area contributed by atoms with Gasteiger partial charge < -0.3 is 14.2 Å². The van der Waals surface area contributed by atoms with E-state index in [0.717, 1.165) is 77.0 Å². The maximum absolute atomic E-state index is 12.9. The summed E-state index contributed by atoms with van der Waals surface area (Å²) in [7, 11) is 0. The molecule has 0 heterocycles. The van der Waals surface area contributed by atoms with Crippen LogP contribution in [-0.4, -0.2) is 37.2 Å². The summed E-state index contributed by atoms with van der Waals surface area (Å²) in [6, 6.07) is 0. The molecule has 1 unspecified atom stereocenters. The minimum absolute atomic E-state index is 0.0710. The highest BCUT2D eigenvalue weighted by Gasteiger charge is 2.19. The van der Waals surface area contributed by atoms with Crippen molar-refractivity contribution in [2.45, 2.75) is 374 Å². The van der Waals surface area contributed by atoms with Gasteiger partial charge in [-0.3, -0.25) is 14.4 Å². The van der Waals surface area contributed by atoms with Gasteiger partial charge in [-0.2, -0.15) is 0 Å². The van der Waals surface area contributed by atoms with Gasteiger partial charge in [0.05, 0.1) is 0 Å². The molecule has 0 amide bonds. The molecular weight excluding hydrogens is 901 g/mol. The van der Waals surface area contributed by atoms with Crippen molar-refractivity contribution < 1.29 is 28.6 Å². The summed E-state index contributed by atoms with van der Waals surface area (Å²) in [6.07, 6.45) is 74.8. The second-order valence-electron chi connectivity index (χ2n) is 22.4. The first kappa shape index (κ1) is 70.9. The van der Waals surface area contributed by atoms with Crippen LogP contribution in [0, 0.1) is 0 Å². The lowest BCUT2D eigenvalue weighted by atomic mass is 10.0. The van der Waals surface area contributed by atoms with Crippen LogP contribution in [-0.2, 0) is 28.6 Å². The van der Waals surface area contributed by atoms with Gasteiger partial charge in [0, 0.05) is 19.3 Å². The lowest BCUT2D eigenvalue weighted by Crippen LogP contribution is -2.30. The van der Waals surface area contributed by atoms with Crippen molar-refractivity contribution in [1.29, 1.82) is 0 Å². The summed E-state index contributed by atoms with van der Waals surface area (Å²) in [5.74, 6) is -0.857. The molecule has 0 N–H and O–H groups in total. The molecule has 73 heavy (non-hydrogen) atoms. The molecule has 6 nitrogen and oxygen atoms in total. The molecule has 0 radical (unpaired) electrons. The summed E-state index contributed by atoms with van der Waals surface area (Å²) in [6.45, 7) is 6.68. The van der Waals surface area contributed by atoms with Gasteiger partial charge in [-0.05, 0) is 51.4 Å². The highest BCUT2D eigenvalue weighted by Crippen LogP contribution is 2.18. The van der Waals surface area contributed by atoms with Gasteiger partial charge in [0.15, 0.2) is 6.10 Å². The summed E-state index contributed by atoms with van der Waals surface area (Å²) in [4.78, 5) is 38.3. The number of allylic oxidation sites excluding steroid dienone is 4. The SMILES string of the molecule is CCCCCC/C=C\C/C=C\CCCCCCCC(=O)OC(COC(=O)CCCCCCCCCCCCCCCC)COC(=O)CCCCCCCCCCCCCCCCCCCCCCCCCCC. The molecule has 0 spiro atoms. The van der Waals surface area contributed by atoms with Crippen LogP contribution in [0.1, 0.15) is 367 Å². The predicted molar refractivity (Wildman–Crippen MR) is 316 cm³/mol. The first-order chi connectivity index (χ1) is 36.0. The Morgan fingerprint density at radius 3 is 0.767 bits per heavy atom. The zero-order chi connectivity index (χ0) is 52.9. The Morgan fingerprint density at radius 1 is 0.274 bits per heavy atom. The van der Waals surface area contributed by atoms with Crippen LogP contribution < -0.4 is 0 Å². The standard InChI is InChI=1S/C67H126O6/c1-4-7-10-13-16-19-22-25-28-30-31-32-33-34-35-36-37-38-40-42-45-48-51-54-57-60-66(69)72-63-64(62-71-65(68)59-56-53-50-47-44-41-27-24-21-18-15-12-9-6-3)73-67(70)61-58-55-52-49-46-43-39-29-26-23-20-17-14-11-8-5-2/h20,23,29,39,64H,4-19,21-22,24-28,30-38,40-63H2,1-3H3/b23-20-,39-29-. The van der Waals surface area contributed by atoms with Crippen LogP contribution in [0.3, 0.4) is 0 Å². The Balaban J connectivity index is 4.23. The Kier molecular flexibility index (Phi) is 60.6. The number of hydrogen-bond acceptors (Lipinski definition) is 6. The second-order valence-corrected chi connectivity index (χ2v) is 22.4. The normalized spacial score (nSPS) is 12.1. The Bertz CT molecular complexity index is 1180. The van der Waals surface area contributed by atoms with E-state index in [2.05, 4.69) is 45.1 Å². The Morgan fingerprint density at radius 2 is 0.493 bits per heavy atom. The minimum atomic E-state index is -0.775. The van der Waals surface area contributed by atoms with Crippen LogP contribution in [0.5, 0.6) is 0 Å². The molecule has 6 heteroatoms. The van der Waals surface area contributed by atoms with Crippen LogP contribution >= 0.6 is 0 Å². The predicted octanol–water partition coefficient (Wildman–Crippen LogP) is 22.2. The smallest absolute Gasteiger partial charge is 0.306 e. The fraction of sp³-hybridized carbons (Fsp3) is 0.896. The van der Waals surface area contributed by atoms with E-state index in [1.165, 1.54) is 250 Å². The fourth-order valence-corrected chi connectivity index (χ4v) is 10.0. The first-order valence-electron chi connectivity index (χ1n) is 32.8. The summed E-state index contributed by atoms with van der Waals surface area (Å²) >= 11 is 0. The number of unbranched alkanes of at least 4 members (excludes halogenated alkanes) is 46. The van der Waals surface area contributed by atoms with E-state index >= 15 is 0 Å². The van der Waals surface area contributed by atoms with Crippen LogP contribution in [0.2, 0.25) is 0 Å². The quantitative estimate of drug-likeness (QED) is 0.0261. The van der Waals surface area contributed by atoms with Gasteiger partial charge in [-0.1, -0.05) is 321 Å². The average molecular weight is 1030 g/mol. The maximum atomic E-state index is 12.9. The van der Waals surface area contributed by atoms with Crippen molar-refractivity contribution in [3.05, 3.63) is 24.3 Å². The molecule has 0 bridgehead atoms. The third-order valence-corrected chi connectivity index (χ3v) is 15.0. The van der Waals surface area contributed by atoms with Crippen molar-refractivity contribution in [1.82, 2.24) is 0 Å². The van der Waals surface area contributed by atoms with Crippen molar-refractivity contribution in [2.75, 3.05) is 13.2 Å². The minimum Gasteiger partial charge on any atom is -0.462 e. The number of esters is 3. The third kappa shape index (κ3) is 60.6. The van der Waals surface area contributed by atoms with Crippen LogP contribution in [0.15, 0.2) is 24.3 Å². The fourth-order valence-electron chi connectivity index (χ4n) is 10.0. The molecule has 0 aliphatic carbocycles. The zero-order valence-corrected chi connectivity index (χ0v) is 49.4. The number of ether oxygens (including phenoxy) is 3. The van der Waals surface area contributed by atoms with E-state index < -0.39 is 6.10 Å². The number of rotatable bonds is 61. The third-order valence-electron chi connectivity index (χ3n) is 15.0. The van der Waals surface area contributed by atoms with Gasteiger partial charge in [0.1, 0.15) is 13.2 Å². The van der Waals surface area contributed by atoms with E-state index in [1.807, 2.05) is 0 Å². The summed E-state index contributed by atoms with van der Waals surface area (Å²) < 4.78 is 16.9. The Labute approximate surface area is 455 Å². The van der Waals surface area contributed by atoms with E-state index in [9.17, 15) is 14.4 Å². The summed E-state index contributed by atoms with van der Waals surface area (Å²) in [5.41, 5.74) is 0. The molecule has 0 aromatic carbocycles. The molecule has 1 atom stereocenters. The molecular formula is C67H126O6. The molecule has 0 saturated heterocycles. The van der Waals surface area contributed by atoms with Crippen molar-refractivity contribution in [2.24, 2.45) is 0 Å². The van der Waals surface area contributed by atoms with Gasteiger partial charge in [0.2, 0.25) is 0 Å². The molecule has 0 saturated carbocycles. The second kappa shape index (κ2) is 62.4. The van der Waals surface area contributed by atoms with E-state index in [1.54, 1.807) is 0 Å². The van der Waals surface area contributed by atoms with Crippen molar-refractivity contribution in [3.8, 4) is 0 Å². The first-order valence-corrected chi connectivity index (χ1v) is 32.8. The number of hydrogen-bond donors (Lipinski definition) is 0. The number of carbonyl (C=O) groups excluding carboxylic acids is 3. The van der Waals surface area contributed by atoms with Crippen molar-refractivity contribution in [3.63, 3.8) is 0 Å². The molecule has 0 aromatic rings. The zero-order valence-electron chi connectivity index (χ0n) is 49.4. The molecule has 0 fully saturated rings. The lowest BCUT2D eigenvalue weighted by Gasteiger charge is -2.18. The van der Waals surface area contributed by atoms with Gasteiger partial charge in [-0.15, -0.1) is 0 Å². The molecule has 0 rings (SSSR count). The molecule has 0 aromatic heterocycles. The average Bonchev–Trinajstić information content (AvgIpc) is 3.39. The van der Waals surface area contributed by atoms with Gasteiger partial charge in [-0.25, -0.2) is 0 Å². The van der Waals surface area contributed by atoms with E-state index in [0.29, 0.717) is 19.3 Å². The van der Waals surface area contributed by atoms with Crippen molar-refractivity contribution >= 4 is 17.9 Å². The van der Waals surface area contributed by atoms with Crippen LogP contribution in [0.25, 0.3) is 0 Å². The topological polar surface area (TPSA) is 78.9 Å². The van der Waals surface area contributed by atoms with Gasteiger partial charge in [0.25, 0.3) is 0 Å². The highest BCUT2D eigenvalue weighted by atomic mass is 16.6. The van der Waals surface area contributed by atoms with E-state index in [-0.39, 0.29) is 31.1 Å². The largest absolute Gasteiger partial charge is 0.462 e. The molecule has 0 aliphatic rings. The summed E-state index contributed by atoms with van der Waals surface area (Å²) in [5, 5.41) is 0. The Hall–Kier alpha value is -2.11. The van der Waals surface area contributed by atoms with Gasteiger partial charge >= 0.3 is 17.9 Å². The van der Waals surface area contributed by atoms with E-state index in [4.69, 9.17) is 14.2 Å². The maximum Gasteiger partial charge on any atom is 0.306 e. The molecule has 430 valence electrons. The lowest BCUT2D eigenvalue weighted by molar-refractivity contribution is -0.167. The monoisotopic (exact) mass is 1030 g/mol. The molecule has 0 aliphatic heterocycles. The van der Waals surface area contributed by atoms with Crippen LogP contribution in [0.4, 0.5) is 0 Å². The number of carbonyl (C=O) groups is 3. The highest BCUT2D eigenvalue weighted by molar-refractivity contribution is 5.71.